The van der Waals surface area contributed by atoms with Crippen LogP contribution in [0.4, 0.5) is 11.4 Å². The molecule has 0 atom stereocenters. The number of nitrogens with zero attached hydrogens (tertiary/aromatic N) is 3. The number of aryl methyl sites for hydroxylation is 1. The van der Waals surface area contributed by atoms with Crippen molar-refractivity contribution < 1.29 is 0 Å². The normalized spacial score (nSPS) is 9.28. The molecule has 1 N–H and O–H groups in total. The zero-order valence-corrected chi connectivity index (χ0v) is 9.81. The molecule has 0 spiro atoms. The summed E-state index contributed by atoms with van der Waals surface area (Å²) in [5.74, 6) is 0. The molecule has 1 aromatic carbocycles. The number of anilines is 2. The summed E-state index contributed by atoms with van der Waals surface area (Å²) in [6.07, 6.45) is 1.57. The van der Waals surface area contributed by atoms with Crippen LogP contribution in [-0.4, -0.2) is 4.98 Å². The summed E-state index contributed by atoms with van der Waals surface area (Å²) in [5, 5.41) is 21.0. The highest BCUT2D eigenvalue weighted by Crippen LogP contribution is 2.23. The first-order valence-corrected chi connectivity index (χ1v) is 5.37. The van der Waals surface area contributed by atoms with Gasteiger partial charge in [0.05, 0.1) is 17.3 Å². The third kappa shape index (κ3) is 2.28. The van der Waals surface area contributed by atoms with Crippen LogP contribution in [0, 0.1) is 29.6 Å². The first kappa shape index (κ1) is 11.6. The minimum atomic E-state index is 0.333. The van der Waals surface area contributed by atoms with E-state index in [2.05, 4.69) is 16.4 Å². The van der Waals surface area contributed by atoms with Crippen LogP contribution < -0.4 is 5.32 Å². The largest absolute Gasteiger partial charge is 0.353 e. The van der Waals surface area contributed by atoms with Gasteiger partial charge in [0.2, 0.25) is 0 Å². The maximum Gasteiger partial charge on any atom is 0.163 e. The van der Waals surface area contributed by atoms with Crippen molar-refractivity contribution in [2.75, 3.05) is 5.32 Å². The maximum atomic E-state index is 8.96. The molecule has 0 aliphatic rings. The van der Waals surface area contributed by atoms with Crippen molar-refractivity contribution in [2.45, 2.75) is 6.92 Å². The highest BCUT2D eigenvalue weighted by Gasteiger charge is 2.05. The Morgan fingerprint density at radius 2 is 1.94 bits per heavy atom. The van der Waals surface area contributed by atoms with Crippen molar-refractivity contribution in [2.24, 2.45) is 0 Å². The molecule has 0 saturated heterocycles. The lowest BCUT2D eigenvalue weighted by Crippen LogP contribution is -1.97. The molecule has 4 heteroatoms. The highest BCUT2D eigenvalue weighted by molar-refractivity contribution is 5.68. The van der Waals surface area contributed by atoms with E-state index in [4.69, 9.17) is 10.5 Å². The number of benzene rings is 1. The smallest absolute Gasteiger partial charge is 0.163 e. The van der Waals surface area contributed by atoms with Crippen molar-refractivity contribution in [3.8, 4) is 12.1 Å². The Morgan fingerprint density at radius 1 is 1.11 bits per heavy atom. The minimum Gasteiger partial charge on any atom is -0.353 e. The van der Waals surface area contributed by atoms with Crippen LogP contribution in [-0.2, 0) is 0 Å². The van der Waals surface area contributed by atoms with Gasteiger partial charge in [0.1, 0.15) is 6.07 Å². The average molecular weight is 234 g/mol. The second-order valence-electron chi connectivity index (χ2n) is 3.78. The molecule has 0 bridgehead atoms. The molecule has 0 fully saturated rings. The summed E-state index contributed by atoms with van der Waals surface area (Å²) >= 11 is 0. The van der Waals surface area contributed by atoms with Crippen molar-refractivity contribution in [1.29, 1.82) is 10.5 Å². The first-order valence-electron chi connectivity index (χ1n) is 5.37. The number of nitriles is 2. The fourth-order valence-electron chi connectivity index (χ4n) is 1.57. The lowest BCUT2D eigenvalue weighted by Gasteiger charge is -2.10. The molecular formula is C14H10N4. The average Bonchev–Trinajstić information content (AvgIpc) is 2.42. The molecule has 2 aromatic rings. The second kappa shape index (κ2) is 4.99. The van der Waals surface area contributed by atoms with Crippen LogP contribution in [0.3, 0.4) is 0 Å². The van der Waals surface area contributed by atoms with Gasteiger partial charge in [-0.1, -0.05) is 6.07 Å². The molecule has 1 heterocycles. The summed E-state index contributed by atoms with van der Waals surface area (Å²) in [5.41, 5.74) is 3.35. The van der Waals surface area contributed by atoms with Gasteiger partial charge in [-0.25, -0.2) is 4.98 Å². The van der Waals surface area contributed by atoms with E-state index in [-0.39, 0.29) is 0 Å². The van der Waals surface area contributed by atoms with Gasteiger partial charge in [-0.15, -0.1) is 0 Å². The van der Waals surface area contributed by atoms with E-state index in [1.807, 2.05) is 19.1 Å². The van der Waals surface area contributed by atoms with Crippen molar-refractivity contribution in [3.05, 3.63) is 53.3 Å². The lowest BCUT2D eigenvalue weighted by molar-refractivity contribution is 1.26. The summed E-state index contributed by atoms with van der Waals surface area (Å²) < 4.78 is 0. The van der Waals surface area contributed by atoms with Gasteiger partial charge in [0.15, 0.2) is 5.69 Å². The van der Waals surface area contributed by atoms with Gasteiger partial charge >= 0.3 is 0 Å². The Bertz CT molecular complexity index is 662. The van der Waals surface area contributed by atoms with E-state index in [0.29, 0.717) is 16.9 Å². The van der Waals surface area contributed by atoms with Gasteiger partial charge in [-0.3, -0.25) is 0 Å². The van der Waals surface area contributed by atoms with Gasteiger partial charge in [0, 0.05) is 11.9 Å². The summed E-state index contributed by atoms with van der Waals surface area (Å²) in [6.45, 7) is 1.94. The molecular weight excluding hydrogens is 224 g/mol. The van der Waals surface area contributed by atoms with Gasteiger partial charge in [-0.2, -0.15) is 10.5 Å². The van der Waals surface area contributed by atoms with Crippen LogP contribution in [0.15, 0.2) is 36.5 Å². The van der Waals surface area contributed by atoms with Crippen LogP contribution in [0.5, 0.6) is 0 Å². The Hall–Kier alpha value is -2.85. The molecule has 2 rings (SSSR count). The highest BCUT2D eigenvalue weighted by atomic mass is 14.9. The lowest BCUT2D eigenvalue weighted by atomic mass is 10.1. The Labute approximate surface area is 105 Å². The fraction of sp³-hybridized carbons (Fsp3) is 0.0714. The molecule has 0 aliphatic heterocycles. The third-order valence-electron chi connectivity index (χ3n) is 2.55. The predicted octanol–water partition coefficient (Wildman–Crippen LogP) is 2.88. The Balaban J connectivity index is 2.41. The van der Waals surface area contributed by atoms with E-state index < -0.39 is 0 Å². The fourth-order valence-corrected chi connectivity index (χ4v) is 1.57. The SMILES string of the molecule is Cc1ccc(C#N)cc1Nc1cccnc1C#N. The molecule has 1 aromatic heterocycles. The van der Waals surface area contributed by atoms with Crippen LogP contribution in [0.1, 0.15) is 16.8 Å². The van der Waals surface area contributed by atoms with Crippen molar-refractivity contribution >= 4 is 11.4 Å². The molecule has 0 aliphatic carbocycles. The number of hydrogen-bond acceptors (Lipinski definition) is 4. The molecule has 86 valence electrons. The zero-order valence-electron chi connectivity index (χ0n) is 9.81. The first-order chi connectivity index (χ1) is 8.74. The van der Waals surface area contributed by atoms with Crippen LogP contribution in [0.25, 0.3) is 0 Å². The van der Waals surface area contributed by atoms with Crippen molar-refractivity contribution in [1.82, 2.24) is 4.98 Å². The molecule has 4 nitrogen and oxygen atoms in total. The standard InChI is InChI=1S/C14H10N4/c1-10-4-5-11(8-15)7-13(10)18-12-3-2-6-17-14(12)9-16/h2-7,18H,1H3. The van der Waals surface area contributed by atoms with E-state index in [1.165, 1.54) is 0 Å². The van der Waals surface area contributed by atoms with E-state index in [9.17, 15) is 0 Å². The summed E-state index contributed by atoms with van der Waals surface area (Å²) in [7, 11) is 0. The van der Waals surface area contributed by atoms with Gasteiger partial charge < -0.3 is 5.32 Å². The van der Waals surface area contributed by atoms with E-state index >= 15 is 0 Å². The van der Waals surface area contributed by atoms with Crippen LogP contribution in [0.2, 0.25) is 0 Å². The molecule has 18 heavy (non-hydrogen) atoms. The van der Waals surface area contributed by atoms with E-state index in [0.717, 1.165) is 11.3 Å². The Morgan fingerprint density at radius 3 is 2.67 bits per heavy atom. The third-order valence-corrected chi connectivity index (χ3v) is 2.55. The quantitative estimate of drug-likeness (QED) is 0.867. The number of hydrogen-bond donors (Lipinski definition) is 1. The summed E-state index contributed by atoms with van der Waals surface area (Å²) in [6, 6.07) is 13.0. The number of nitrogens with one attached hydrogen (secondary N) is 1. The zero-order chi connectivity index (χ0) is 13.0. The molecule has 0 saturated carbocycles. The minimum absolute atomic E-state index is 0.333. The van der Waals surface area contributed by atoms with E-state index in [1.54, 1.807) is 30.5 Å². The monoisotopic (exact) mass is 234 g/mol. The maximum absolute atomic E-state index is 8.96. The number of rotatable bonds is 2. The van der Waals surface area contributed by atoms with Gasteiger partial charge in [-0.05, 0) is 36.8 Å². The topological polar surface area (TPSA) is 72.5 Å². The molecule has 0 radical (unpaired) electrons. The predicted molar refractivity (Wildman–Crippen MR) is 68.1 cm³/mol. The van der Waals surface area contributed by atoms with Gasteiger partial charge in [0.25, 0.3) is 0 Å². The van der Waals surface area contributed by atoms with Crippen molar-refractivity contribution in [3.63, 3.8) is 0 Å². The number of aromatic nitrogens is 1. The summed E-state index contributed by atoms with van der Waals surface area (Å²) in [4.78, 5) is 3.98. The molecule has 0 unspecified atom stereocenters. The number of pyridine rings is 1. The van der Waals surface area contributed by atoms with Crippen LogP contribution >= 0.6 is 0 Å². The molecule has 0 amide bonds. The Kier molecular flexibility index (Phi) is 3.22. The second-order valence-corrected chi connectivity index (χ2v) is 3.78.